The summed E-state index contributed by atoms with van der Waals surface area (Å²) in [5.41, 5.74) is 0.539. The van der Waals surface area contributed by atoms with Crippen LogP contribution in [0.5, 0.6) is 11.5 Å². The summed E-state index contributed by atoms with van der Waals surface area (Å²) in [5, 5.41) is 0. The summed E-state index contributed by atoms with van der Waals surface area (Å²) >= 11 is 0. The predicted octanol–water partition coefficient (Wildman–Crippen LogP) is 2.23. The number of likely N-dealkylation sites (tertiary alicyclic amines) is 1. The van der Waals surface area contributed by atoms with Gasteiger partial charge < -0.3 is 24.2 Å². The van der Waals surface area contributed by atoms with E-state index >= 15 is 0 Å². The summed E-state index contributed by atoms with van der Waals surface area (Å²) in [5.74, 6) is 1.57. The summed E-state index contributed by atoms with van der Waals surface area (Å²) in [6.07, 6.45) is 6.69. The third-order valence-electron chi connectivity index (χ3n) is 5.95. The highest BCUT2D eigenvalue weighted by Gasteiger charge is 2.24. The zero-order chi connectivity index (χ0) is 23.0. The Hall–Kier alpha value is -3.36. The maximum Gasteiger partial charge on any atom is 0.260 e. The standard InChI is InChI=1S/C24H31N5O4/c1-2-32-21-17-19(7-8-20(21)33-18-22(30)27-11-4-3-5-12-27)23(31)28-13-15-29(16-14-28)24-25-9-6-10-26-24/h6-10,17H,2-5,11-16,18H2,1H3. The first kappa shape index (κ1) is 22.8. The number of benzene rings is 1. The first-order chi connectivity index (χ1) is 16.2. The molecule has 2 saturated heterocycles. The third-order valence-corrected chi connectivity index (χ3v) is 5.95. The second-order valence-electron chi connectivity index (χ2n) is 8.15. The van der Waals surface area contributed by atoms with Crippen LogP contribution >= 0.6 is 0 Å². The molecule has 0 unspecified atom stereocenters. The second kappa shape index (κ2) is 11.0. The zero-order valence-corrected chi connectivity index (χ0v) is 19.1. The molecule has 1 aromatic carbocycles. The van der Waals surface area contributed by atoms with Crippen LogP contribution in [0, 0.1) is 0 Å². The van der Waals surface area contributed by atoms with E-state index in [0.29, 0.717) is 55.8 Å². The first-order valence-corrected chi connectivity index (χ1v) is 11.6. The quantitative estimate of drug-likeness (QED) is 0.635. The number of ether oxygens (including phenoxy) is 2. The van der Waals surface area contributed by atoms with Crippen molar-refractivity contribution < 1.29 is 19.1 Å². The smallest absolute Gasteiger partial charge is 0.260 e. The van der Waals surface area contributed by atoms with Crippen LogP contribution in [0.15, 0.2) is 36.7 Å². The molecule has 2 aliphatic rings. The fraction of sp³-hybridized carbons (Fsp3) is 0.500. The molecule has 4 rings (SSSR count). The number of amides is 2. The van der Waals surface area contributed by atoms with Gasteiger partial charge in [0.15, 0.2) is 18.1 Å². The van der Waals surface area contributed by atoms with Gasteiger partial charge >= 0.3 is 0 Å². The van der Waals surface area contributed by atoms with Gasteiger partial charge in [0.2, 0.25) is 5.95 Å². The van der Waals surface area contributed by atoms with Crippen molar-refractivity contribution in [3.8, 4) is 11.5 Å². The predicted molar refractivity (Wildman–Crippen MR) is 124 cm³/mol. The molecule has 176 valence electrons. The molecule has 0 atom stereocenters. The fourth-order valence-electron chi connectivity index (χ4n) is 4.15. The van der Waals surface area contributed by atoms with Crippen molar-refractivity contribution in [2.45, 2.75) is 26.2 Å². The van der Waals surface area contributed by atoms with E-state index in [4.69, 9.17) is 9.47 Å². The SMILES string of the molecule is CCOc1cc(C(=O)N2CCN(c3ncccn3)CC2)ccc1OCC(=O)N1CCCCC1. The van der Waals surface area contributed by atoms with Crippen molar-refractivity contribution in [2.75, 3.05) is 57.4 Å². The maximum atomic E-state index is 13.1. The molecular formula is C24H31N5O4. The lowest BCUT2D eigenvalue weighted by atomic mass is 10.1. The average molecular weight is 454 g/mol. The van der Waals surface area contributed by atoms with Crippen LogP contribution in [0.2, 0.25) is 0 Å². The summed E-state index contributed by atoms with van der Waals surface area (Å²) in [6.45, 7) is 6.38. The molecule has 3 heterocycles. The maximum absolute atomic E-state index is 13.1. The first-order valence-electron chi connectivity index (χ1n) is 11.6. The highest BCUT2D eigenvalue weighted by Crippen LogP contribution is 2.29. The molecule has 2 fully saturated rings. The summed E-state index contributed by atoms with van der Waals surface area (Å²) < 4.78 is 11.5. The molecular weight excluding hydrogens is 422 g/mol. The number of hydrogen-bond acceptors (Lipinski definition) is 7. The lowest BCUT2D eigenvalue weighted by Crippen LogP contribution is -2.49. The van der Waals surface area contributed by atoms with Crippen molar-refractivity contribution in [1.29, 1.82) is 0 Å². The fourth-order valence-corrected chi connectivity index (χ4v) is 4.15. The minimum absolute atomic E-state index is 0.0161. The lowest BCUT2D eigenvalue weighted by molar-refractivity contribution is -0.134. The molecule has 1 aromatic heterocycles. The highest BCUT2D eigenvalue weighted by molar-refractivity contribution is 5.95. The second-order valence-corrected chi connectivity index (χ2v) is 8.15. The van der Waals surface area contributed by atoms with Gasteiger partial charge in [-0.25, -0.2) is 9.97 Å². The Balaban J connectivity index is 1.37. The van der Waals surface area contributed by atoms with Gasteiger partial charge in [-0.2, -0.15) is 0 Å². The van der Waals surface area contributed by atoms with Crippen LogP contribution in [0.1, 0.15) is 36.5 Å². The van der Waals surface area contributed by atoms with E-state index in [-0.39, 0.29) is 18.4 Å². The highest BCUT2D eigenvalue weighted by atomic mass is 16.5. The van der Waals surface area contributed by atoms with Gasteiger partial charge in [0.1, 0.15) is 0 Å². The number of piperidine rings is 1. The number of carbonyl (C=O) groups is 2. The minimum Gasteiger partial charge on any atom is -0.490 e. The summed E-state index contributed by atoms with van der Waals surface area (Å²) in [4.78, 5) is 39.9. The van der Waals surface area contributed by atoms with Gasteiger partial charge in [0, 0.05) is 57.2 Å². The van der Waals surface area contributed by atoms with Gasteiger partial charge in [-0.3, -0.25) is 9.59 Å². The van der Waals surface area contributed by atoms with Gasteiger partial charge in [0.05, 0.1) is 6.61 Å². The van der Waals surface area contributed by atoms with Crippen molar-refractivity contribution in [1.82, 2.24) is 19.8 Å². The molecule has 0 aliphatic carbocycles. The molecule has 0 N–H and O–H groups in total. The number of rotatable bonds is 7. The topological polar surface area (TPSA) is 88.1 Å². The largest absolute Gasteiger partial charge is 0.490 e. The van der Waals surface area contributed by atoms with Gasteiger partial charge in [-0.05, 0) is 50.5 Å². The summed E-state index contributed by atoms with van der Waals surface area (Å²) in [7, 11) is 0. The van der Waals surface area contributed by atoms with E-state index < -0.39 is 0 Å². The Morgan fingerprint density at radius 3 is 2.30 bits per heavy atom. The van der Waals surface area contributed by atoms with E-state index in [9.17, 15) is 9.59 Å². The Morgan fingerprint density at radius 2 is 1.61 bits per heavy atom. The van der Waals surface area contributed by atoms with E-state index in [1.807, 2.05) is 16.7 Å². The van der Waals surface area contributed by atoms with Crippen molar-refractivity contribution >= 4 is 17.8 Å². The Kier molecular flexibility index (Phi) is 7.59. The molecule has 0 bridgehead atoms. The van der Waals surface area contributed by atoms with Gasteiger partial charge in [-0.1, -0.05) is 0 Å². The van der Waals surface area contributed by atoms with Crippen LogP contribution in [0.3, 0.4) is 0 Å². The van der Waals surface area contributed by atoms with Crippen molar-refractivity contribution in [2.24, 2.45) is 0 Å². The lowest BCUT2D eigenvalue weighted by Gasteiger charge is -2.34. The number of hydrogen-bond donors (Lipinski definition) is 0. The van der Waals surface area contributed by atoms with Crippen LogP contribution < -0.4 is 14.4 Å². The van der Waals surface area contributed by atoms with Crippen LogP contribution in [-0.2, 0) is 4.79 Å². The molecule has 33 heavy (non-hydrogen) atoms. The van der Waals surface area contributed by atoms with E-state index in [1.54, 1.807) is 36.7 Å². The monoisotopic (exact) mass is 453 g/mol. The molecule has 0 radical (unpaired) electrons. The van der Waals surface area contributed by atoms with Crippen LogP contribution in [0.25, 0.3) is 0 Å². The average Bonchev–Trinajstić information content (AvgIpc) is 2.88. The molecule has 2 aliphatic heterocycles. The minimum atomic E-state index is -0.0551. The molecule has 9 nitrogen and oxygen atoms in total. The molecule has 0 spiro atoms. The normalized spacial score (nSPS) is 16.5. The van der Waals surface area contributed by atoms with Crippen LogP contribution in [0.4, 0.5) is 5.95 Å². The van der Waals surface area contributed by atoms with E-state index in [1.165, 1.54) is 6.42 Å². The number of nitrogens with zero attached hydrogens (tertiary/aromatic N) is 5. The third kappa shape index (κ3) is 5.71. The molecule has 9 heteroatoms. The Labute approximate surface area is 194 Å². The van der Waals surface area contributed by atoms with E-state index in [2.05, 4.69) is 14.9 Å². The van der Waals surface area contributed by atoms with Gasteiger partial charge in [-0.15, -0.1) is 0 Å². The van der Waals surface area contributed by atoms with Crippen molar-refractivity contribution in [3.63, 3.8) is 0 Å². The number of aromatic nitrogens is 2. The number of anilines is 1. The van der Waals surface area contributed by atoms with Crippen molar-refractivity contribution in [3.05, 3.63) is 42.2 Å². The molecule has 0 saturated carbocycles. The summed E-state index contributed by atoms with van der Waals surface area (Å²) in [6, 6.07) is 6.95. The Morgan fingerprint density at radius 1 is 0.879 bits per heavy atom. The molecule has 2 amide bonds. The number of piperazine rings is 1. The number of carbonyl (C=O) groups excluding carboxylic acids is 2. The van der Waals surface area contributed by atoms with E-state index in [0.717, 1.165) is 25.9 Å². The van der Waals surface area contributed by atoms with Crippen LogP contribution in [-0.4, -0.2) is 84.1 Å². The molecule has 2 aromatic rings. The van der Waals surface area contributed by atoms with Gasteiger partial charge in [0.25, 0.3) is 11.8 Å². The zero-order valence-electron chi connectivity index (χ0n) is 19.1. The Bertz CT molecular complexity index is 941.